The van der Waals surface area contributed by atoms with Crippen LogP contribution in [0.2, 0.25) is 0 Å². The van der Waals surface area contributed by atoms with Gasteiger partial charge in [0.25, 0.3) is 0 Å². The zero-order valence-electron chi connectivity index (χ0n) is 14.5. The lowest BCUT2D eigenvalue weighted by Gasteiger charge is -2.46. The molecule has 0 aromatic heterocycles. The van der Waals surface area contributed by atoms with Gasteiger partial charge < -0.3 is 19.1 Å². The molecule has 2 aliphatic heterocycles. The Morgan fingerprint density at radius 2 is 1.70 bits per heavy atom. The summed E-state index contributed by atoms with van der Waals surface area (Å²) in [6, 6.07) is -0.214. The molecule has 0 spiro atoms. The van der Waals surface area contributed by atoms with Crippen LogP contribution in [-0.4, -0.2) is 51.3 Å². The Morgan fingerprint density at radius 1 is 1.09 bits per heavy atom. The van der Waals surface area contributed by atoms with Gasteiger partial charge in [0.2, 0.25) is 5.91 Å². The Labute approximate surface area is 136 Å². The molecule has 3 rings (SSSR count). The SMILES string of the molecule is COc1c(C)c(OC)c(OC)c2c1C[C@@H]1N[C@H]2[C@H](C)N(C)C1=O. The van der Waals surface area contributed by atoms with Crippen LogP contribution in [0.1, 0.15) is 29.7 Å². The molecule has 1 amide bonds. The molecule has 1 N–H and O–H groups in total. The standard InChI is InChI=1S/C17H24N2O4/c1-8-14(21-4)10-7-11-17(20)19(3)9(2)13(18-11)12(10)16(23-6)15(8)22-5/h9,11,13,18H,7H2,1-6H3/t9-,11-,13-/m0/s1. The van der Waals surface area contributed by atoms with E-state index in [4.69, 9.17) is 14.2 Å². The third-order valence-electron chi connectivity index (χ3n) is 5.18. The topological polar surface area (TPSA) is 60.0 Å². The van der Waals surface area contributed by atoms with Crippen molar-refractivity contribution < 1.29 is 19.0 Å². The van der Waals surface area contributed by atoms with E-state index in [0.29, 0.717) is 12.2 Å². The minimum atomic E-state index is -0.222. The number of hydrogen-bond donors (Lipinski definition) is 1. The van der Waals surface area contributed by atoms with Crippen LogP contribution in [0.25, 0.3) is 0 Å². The van der Waals surface area contributed by atoms with Crippen molar-refractivity contribution in [1.29, 1.82) is 0 Å². The Kier molecular flexibility index (Phi) is 3.88. The first-order valence-corrected chi connectivity index (χ1v) is 7.80. The molecule has 6 heteroatoms. The van der Waals surface area contributed by atoms with Crippen molar-refractivity contribution in [2.75, 3.05) is 28.4 Å². The molecule has 0 radical (unpaired) electrons. The Bertz CT molecular complexity index is 659. The highest BCUT2D eigenvalue weighted by Gasteiger charge is 2.45. The molecule has 23 heavy (non-hydrogen) atoms. The monoisotopic (exact) mass is 320 g/mol. The number of amides is 1. The van der Waals surface area contributed by atoms with Crippen LogP contribution in [0.5, 0.6) is 17.2 Å². The van der Waals surface area contributed by atoms with Gasteiger partial charge >= 0.3 is 0 Å². The predicted molar refractivity (Wildman–Crippen MR) is 86.4 cm³/mol. The molecule has 2 aliphatic rings. The lowest BCUT2D eigenvalue weighted by atomic mass is 9.81. The van der Waals surface area contributed by atoms with Gasteiger partial charge in [0, 0.05) is 36.2 Å². The molecule has 126 valence electrons. The number of benzene rings is 1. The van der Waals surface area contributed by atoms with Gasteiger partial charge in [0.1, 0.15) is 5.75 Å². The highest BCUT2D eigenvalue weighted by molar-refractivity contribution is 5.85. The van der Waals surface area contributed by atoms with Gasteiger partial charge in [-0.25, -0.2) is 0 Å². The lowest BCUT2D eigenvalue weighted by molar-refractivity contribution is -0.139. The van der Waals surface area contributed by atoms with E-state index >= 15 is 0 Å². The van der Waals surface area contributed by atoms with E-state index in [1.807, 2.05) is 25.8 Å². The maximum Gasteiger partial charge on any atom is 0.240 e. The molecule has 2 bridgehead atoms. The molecule has 1 saturated heterocycles. The fraction of sp³-hybridized carbons (Fsp3) is 0.588. The molecule has 0 saturated carbocycles. The number of carbonyl (C=O) groups is 1. The van der Waals surface area contributed by atoms with E-state index in [1.54, 1.807) is 21.3 Å². The molecule has 0 unspecified atom stereocenters. The van der Waals surface area contributed by atoms with Crippen molar-refractivity contribution in [3.8, 4) is 17.2 Å². The van der Waals surface area contributed by atoms with Crippen LogP contribution in [0.3, 0.4) is 0 Å². The minimum absolute atomic E-state index is 0.00944. The number of rotatable bonds is 3. The van der Waals surface area contributed by atoms with Crippen LogP contribution in [0.4, 0.5) is 0 Å². The first kappa shape index (κ1) is 15.9. The van der Waals surface area contributed by atoms with Gasteiger partial charge in [-0.1, -0.05) is 0 Å². The fourth-order valence-electron chi connectivity index (χ4n) is 3.91. The van der Waals surface area contributed by atoms with Gasteiger partial charge in [0.05, 0.1) is 33.4 Å². The van der Waals surface area contributed by atoms with Crippen LogP contribution in [0.15, 0.2) is 0 Å². The van der Waals surface area contributed by atoms with Gasteiger partial charge in [0.15, 0.2) is 11.5 Å². The average Bonchev–Trinajstić information content (AvgIpc) is 2.56. The molecule has 2 heterocycles. The molecule has 1 fully saturated rings. The average molecular weight is 320 g/mol. The number of fused-ring (bicyclic) bond motifs is 4. The summed E-state index contributed by atoms with van der Waals surface area (Å²) in [5.41, 5.74) is 2.98. The normalized spacial score (nSPS) is 25.9. The molecule has 1 aromatic carbocycles. The zero-order chi connectivity index (χ0) is 16.9. The number of methoxy groups -OCH3 is 3. The van der Waals surface area contributed by atoms with Crippen molar-refractivity contribution >= 4 is 5.91 Å². The number of hydrogen-bond acceptors (Lipinski definition) is 5. The summed E-state index contributed by atoms with van der Waals surface area (Å²) in [4.78, 5) is 14.3. The summed E-state index contributed by atoms with van der Waals surface area (Å²) in [7, 11) is 6.80. The Balaban J connectivity index is 2.30. The van der Waals surface area contributed by atoms with Crippen LogP contribution in [-0.2, 0) is 11.2 Å². The van der Waals surface area contributed by atoms with Gasteiger partial charge in [-0.05, 0) is 13.8 Å². The summed E-state index contributed by atoms with van der Waals surface area (Å²) in [5.74, 6) is 2.33. The number of likely N-dealkylation sites (N-methyl/N-ethyl adjacent to an activating group) is 1. The van der Waals surface area contributed by atoms with E-state index in [2.05, 4.69) is 5.32 Å². The lowest BCUT2D eigenvalue weighted by Crippen LogP contribution is -2.62. The summed E-state index contributed by atoms with van der Waals surface area (Å²) in [6.45, 7) is 3.99. The first-order valence-electron chi connectivity index (χ1n) is 7.80. The maximum atomic E-state index is 12.5. The highest BCUT2D eigenvalue weighted by atomic mass is 16.5. The molecule has 3 atom stereocenters. The van der Waals surface area contributed by atoms with Gasteiger partial charge in [-0.15, -0.1) is 0 Å². The number of nitrogens with zero attached hydrogens (tertiary/aromatic N) is 1. The zero-order valence-corrected chi connectivity index (χ0v) is 14.5. The summed E-state index contributed by atoms with van der Waals surface area (Å²) in [5, 5.41) is 3.45. The Hall–Kier alpha value is -1.95. The van der Waals surface area contributed by atoms with Crippen LogP contribution in [0, 0.1) is 6.92 Å². The second kappa shape index (κ2) is 5.60. The van der Waals surface area contributed by atoms with Crippen molar-refractivity contribution in [2.24, 2.45) is 0 Å². The van der Waals surface area contributed by atoms with E-state index in [-0.39, 0.29) is 24.0 Å². The van der Waals surface area contributed by atoms with E-state index < -0.39 is 0 Å². The van der Waals surface area contributed by atoms with Gasteiger partial charge in [-0.3, -0.25) is 10.1 Å². The second-order valence-electron chi connectivity index (χ2n) is 6.21. The molecular formula is C17H24N2O4. The third kappa shape index (κ3) is 2.08. The highest BCUT2D eigenvalue weighted by Crippen LogP contribution is 2.50. The largest absolute Gasteiger partial charge is 0.496 e. The molecule has 6 nitrogen and oxygen atoms in total. The van der Waals surface area contributed by atoms with Crippen molar-refractivity contribution in [2.45, 2.75) is 38.4 Å². The predicted octanol–water partition coefficient (Wildman–Crippen LogP) is 1.44. The van der Waals surface area contributed by atoms with Crippen molar-refractivity contribution in [1.82, 2.24) is 10.2 Å². The third-order valence-corrected chi connectivity index (χ3v) is 5.18. The smallest absolute Gasteiger partial charge is 0.240 e. The van der Waals surface area contributed by atoms with Crippen LogP contribution >= 0.6 is 0 Å². The first-order chi connectivity index (χ1) is 11.0. The number of nitrogens with one attached hydrogen (secondary N) is 1. The van der Waals surface area contributed by atoms with Gasteiger partial charge in [-0.2, -0.15) is 0 Å². The molecular weight excluding hydrogens is 296 g/mol. The van der Waals surface area contributed by atoms with E-state index in [1.165, 1.54) is 0 Å². The number of piperazine rings is 1. The van der Waals surface area contributed by atoms with Crippen molar-refractivity contribution in [3.63, 3.8) is 0 Å². The molecule has 1 aromatic rings. The Morgan fingerprint density at radius 3 is 2.26 bits per heavy atom. The quantitative estimate of drug-likeness (QED) is 0.913. The summed E-state index contributed by atoms with van der Waals surface area (Å²) >= 11 is 0. The van der Waals surface area contributed by atoms with Crippen molar-refractivity contribution in [3.05, 3.63) is 16.7 Å². The minimum Gasteiger partial charge on any atom is -0.496 e. The van der Waals surface area contributed by atoms with Crippen LogP contribution < -0.4 is 19.5 Å². The van der Waals surface area contributed by atoms with E-state index in [9.17, 15) is 4.79 Å². The molecule has 0 aliphatic carbocycles. The number of ether oxygens (including phenoxy) is 3. The fourth-order valence-corrected chi connectivity index (χ4v) is 3.91. The number of carbonyl (C=O) groups excluding carboxylic acids is 1. The second-order valence-corrected chi connectivity index (χ2v) is 6.21. The summed E-state index contributed by atoms with van der Waals surface area (Å²) in [6.07, 6.45) is 0.589. The maximum absolute atomic E-state index is 12.5. The van der Waals surface area contributed by atoms with E-state index in [0.717, 1.165) is 28.2 Å². The summed E-state index contributed by atoms with van der Waals surface area (Å²) < 4.78 is 16.9.